The summed E-state index contributed by atoms with van der Waals surface area (Å²) in [6.07, 6.45) is 3.46. The monoisotopic (exact) mass is 262 g/mol. The van der Waals surface area contributed by atoms with Crippen LogP contribution in [0.4, 0.5) is 11.5 Å². The lowest BCUT2D eigenvalue weighted by Crippen LogP contribution is -2.13. The SMILES string of the molecule is CSc1ccc(NC(=O)c2cnn(C)c2N)cc1. The van der Waals surface area contributed by atoms with Gasteiger partial charge < -0.3 is 11.1 Å². The Labute approximate surface area is 109 Å². The van der Waals surface area contributed by atoms with Gasteiger partial charge in [0.05, 0.1) is 6.20 Å². The Bertz CT molecular complexity index is 562. The first-order valence-electron chi connectivity index (χ1n) is 5.34. The summed E-state index contributed by atoms with van der Waals surface area (Å²) < 4.78 is 1.46. The minimum Gasteiger partial charge on any atom is -0.383 e. The zero-order valence-corrected chi connectivity index (χ0v) is 11.0. The first-order chi connectivity index (χ1) is 8.61. The van der Waals surface area contributed by atoms with Gasteiger partial charge in [-0.2, -0.15) is 5.10 Å². The van der Waals surface area contributed by atoms with E-state index >= 15 is 0 Å². The van der Waals surface area contributed by atoms with Gasteiger partial charge in [-0.3, -0.25) is 9.48 Å². The molecule has 18 heavy (non-hydrogen) atoms. The van der Waals surface area contributed by atoms with Gasteiger partial charge in [0.25, 0.3) is 5.91 Å². The molecule has 0 radical (unpaired) electrons. The predicted molar refractivity (Wildman–Crippen MR) is 73.8 cm³/mol. The van der Waals surface area contributed by atoms with Crippen LogP contribution >= 0.6 is 11.8 Å². The van der Waals surface area contributed by atoms with Gasteiger partial charge >= 0.3 is 0 Å². The van der Waals surface area contributed by atoms with E-state index in [9.17, 15) is 4.79 Å². The third-order valence-electron chi connectivity index (χ3n) is 2.58. The van der Waals surface area contributed by atoms with Crippen molar-refractivity contribution < 1.29 is 4.79 Å². The molecule has 5 nitrogen and oxygen atoms in total. The third-order valence-corrected chi connectivity index (χ3v) is 3.32. The molecule has 6 heteroatoms. The maximum atomic E-state index is 12.0. The minimum absolute atomic E-state index is 0.252. The molecule has 94 valence electrons. The number of aryl methyl sites for hydroxylation is 1. The topological polar surface area (TPSA) is 72.9 Å². The minimum atomic E-state index is -0.252. The summed E-state index contributed by atoms with van der Waals surface area (Å²) >= 11 is 1.65. The lowest BCUT2D eigenvalue weighted by atomic mass is 10.2. The molecule has 0 atom stereocenters. The number of benzene rings is 1. The fraction of sp³-hybridized carbons (Fsp3) is 0.167. The van der Waals surface area contributed by atoms with Crippen molar-refractivity contribution in [2.45, 2.75) is 4.90 Å². The molecule has 2 aromatic rings. The number of nitrogens with zero attached hydrogens (tertiary/aromatic N) is 2. The lowest BCUT2D eigenvalue weighted by Gasteiger charge is -2.05. The summed E-state index contributed by atoms with van der Waals surface area (Å²) in [4.78, 5) is 13.1. The largest absolute Gasteiger partial charge is 0.383 e. The Kier molecular flexibility index (Phi) is 3.57. The van der Waals surface area contributed by atoms with Crippen LogP contribution in [0.15, 0.2) is 35.4 Å². The van der Waals surface area contributed by atoms with E-state index < -0.39 is 0 Å². The van der Waals surface area contributed by atoms with E-state index in [0.717, 1.165) is 10.6 Å². The second-order valence-electron chi connectivity index (χ2n) is 3.75. The molecule has 0 aliphatic rings. The van der Waals surface area contributed by atoms with Crippen molar-refractivity contribution >= 4 is 29.2 Å². The number of nitrogen functional groups attached to an aromatic ring is 1. The number of hydrogen-bond donors (Lipinski definition) is 2. The highest BCUT2D eigenvalue weighted by Gasteiger charge is 2.13. The molecule has 0 saturated carbocycles. The van der Waals surface area contributed by atoms with Crippen LogP contribution in [0.1, 0.15) is 10.4 Å². The Morgan fingerprint density at radius 3 is 2.56 bits per heavy atom. The van der Waals surface area contributed by atoms with Gasteiger partial charge in [0.15, 0.2) is 0 Å². The average Bonchev–Trinajstić information content (AvgIpc) is 2.71. The van der Waals surface area contributed by atoms with E-state index in [1.807, 2.05) is 30.5 Å². The standard InChI is InChI=1S/C12H14N4OS/c1-16-11(13)10(7-14-16)12(17)15-8-3-5-9(18-2)6-4-8/h3-7H,13H2,1-2H3,(H,15,17). The average molecular weight is 262 g/mol. The van der Waals surface area contributed by atoms with Gasteiger partial charge in [-0.1, -0.05) is 0 Å². The summed E-state index contributed by atoms with van der Waals surface area (Å²) in [5.41, 5.74) is 6.86. The second-order valence-corrected chi connectivity index (χ2v) is 4.63. The number of carbonyl (C=O) groups excluding carboxylic acids is 1. The fourth-order valence-electron chi connectivity index (χ4n) is 1.49. The molecule has 0 unspecified atom stereocenters. The maximum absolute atomic E-state index is 12.0. The number of amides is 1. The van der Waals surface area contributed by atoms with E-state index in [0.29, 0.717) is 11.4 Å². The highest BCUT2D eigenvalue weighted by molar-refractivity contribution is 7.98. The van der Waals surface area contributed by atoms with Gasteiger partial charge in [0.2, 0.25) is 0 Å². The molecule has 1 heterocycles. The van der Waals surface area contributed by atoms with Crippen LogP contribution in [0.5, 0.6) is 0 Å². The van der Waals surface area contributed by atoms with Crippen molar-refractivity contribution in [3.63, 3.8) is 0 Å². The van der Waals surface area contributed by atoms with E-state index in [1.54, 1.807) is 18.8 Å². The molecule has 0 saturated heterocycles. The summed E-state index contributed by atoms with van der Waals surface area (Å²) in [7, 11) is 1.69. The summed E-state index contributed by atoms with van der Waals surface area (Å²) in [5.74, 6) is 0.103. The number of anilines is 2. The van der Waals surface area contributed by atoms with Crippen molar-refractivity contribution in [3.8, 4) is 0 Å². The van der Waals surface area contributed by atoms with Crippen LogP contribution in [0, 0.1) is 0 Å². The number of aromatic nitrogens is 2. The molecule has 0 fully saturated rings. The van der Waals surface area contributed by atoms with Crippen LogP contribution in [-0.2, 0) is 7.05 Å². The molecule has 1 aromatic heterocycles. The quantitative estimate of drug-likeness (QED) is 0.830. The van der Waals surface area contributed by atoms with Crippen molar-refractivity contribution in [1.82, 2.24) is 9.78 Å². The maximum Gasteiger partial charge on any atom is 0.261 e. The lowest BCUT2D eigenvalue weighted by molar-refractivity contribution is 0.102. The fourth-order valence-corrected chi connectivity index (χ4v) is 1.90. The Morgan fingerprint density at radius 2 is 2.06 bits per heavy atom. The Morgan fingerprint density at radius 1 is 1.39 bits per heavy atom. The molecular weight excluding hydrogens is 248 g/mol. The second kappa shape index (κ2) is 5.14. The Hall–Kier alpha value is -1.95. The molecule has 1 amide bonds. The van der Waals surface area contributed by atoms with Gasteiger partial charge in [0, 0.05) is 17.6 Å². The number of thioether (sulfide) groups is 1. The number of nitrogens with one attached hydrogen (secondary N) is 1. The smallest absolute Gasteiger partial charge is 0.261 e. The number of carbonyl (C=O) groups is 1. The normalized spacial score (nSPS) is 10.3. The first kappa shape index (κ1) is 12.5. The molecule has 0 spiro atoms. The van der Waals surface area contributed by atoms with Crippen LogP contribution in [0.3, 0.4) is 0 Å². The van der Waals surface area contributed by atoms with Gasteiger partial charge in [-0.05, 0) is 30.5 Å². The van der Waals surface area contributed by atoms with Gasteiger partial charge in [-0.15, -0.1) is 11.8 Å². The highest BCUT2D eigenvalue weighted by Crippen LogP contribution is 2.18. The molecule has 0 bridgehead atoms. The summed E-state index contributed by atoms with van der Waals surface area (Å²) in [5, 5.41) is 6.72. The number of rotatable bonds is 3. The van der Waals surface area contributed by atoms with Crippen LogP contribution in [-0.4, -0.2) is 21.9 Å². The molecule has 1 aromatic carbocycles. The van der Waals surface area contributed by atoms with Gasteiger partial charge in [-0.25, -0.2) is 0 Å². The van der Waals surface area contributed by atoms with Crippen LogP contribution in [0.2, 0.25) is 0 Å². The molecular formula is C12H14N4OS. The van der Waals surface area contributed by atoms with Crippen molar-refractivity contribution in [3.05, 3.63) is 36.0 Å². The van der Waals surface area contributed by atoms with E-state index in [2.05, 4.69) is 10.4 Å². The van der Waals surface area contributed by atoms with E-state index in [4.69, 9.17) is 5.73 Å². The van der Waals surface area contributed by atoms with Gasteiger partial charge in [0.1, 0.15) is 11.4 Å². The summed E-state index contributed by atoms with van der Waals surface area (Å²) in [6.45, 7) is 0. The molecule has 3 N–H and O–H groups in total. The Balaban J connectivity index is 2.13. The van der Waals surface area contributed by atoms with Crippen molar-refractivity contribution in [1.29, 1.82) is 0 Å². The van der Waals surface area contributed by atoms with Crippen molar-refractivity contribution in [2.24, 2.45) is 7.05 Å². The third kappa shape index (κ3) is 2.48. The zero-order chi connectivity index (χ0) is 13.1. The number of nitrogens with two attached hydrogens (primary N) is 1. The predicted octanol–water partition coefficient (Wildman–Crippen LogP) is 1.98. The molecule has 0 aliphatic heterocycles. The van der Waals surface area contributed by atoms with Crippen LogP contribution in [0.25, 0.3) is 0 Å². The van der Waals surface area contributed by atoms with E-state index in [-0.39, 0.29) is 5.91 Å². The highest BCUT2D eigenvalue weighted by atomic mass is 32.2. The van der Waals surface area contributed by atoms with Crippen molar-refractivity contribution in [2.75, 3.05) is 17.3 Å². The first-order valence-corrected chi connectivity index (χ1v) is 6.57. The molecule has 0 aliphatic carbocycles. The van der Waals surface area contributed by atoms with E-state index in [1.165, 1.54) is 10.9 Å². The van der Waals surface area contributed by atoms with Crippen LogP contribution < -0.4 is 11.1 Å². The molecule has 2 rings (SSSR count). The zero-order valence-electron chi connectivity index (χ0n) is 10.2. The summed E-state index contributed by atoms with van der Waals surface area (Å²) in [6, 6.07) is 7.62. The number of hydrogen-bond acceptors (Lipinski definition) is 4.